The van der Waals surface area contributed by atoms with Crippen LogP contribution in [0.2, 0.25) is 5.02 Å². The Morgan fingerprint density at radius 2 is 1.96 bits per heavy atom. The van der Waals surface area contributed by atoms with Gasteiger partial charge >= 0.3 is 0 Å². The van der Waals surface area contributed by atoms with E-state index >= 15 is 0 Å². The average Bonchev–Trinajstić information content (AvgIpc) is 3.06. The van der Waals surface area contributed by atoms with Gasteiger partial charge in [0.05, 0.1) is 11.9 Å². The van der Waals surface area contributed by atoms with Crippen molar-refractivity contribution in [2.75, 3.05) is 16.8 Å². The second kappa shape index (κ2) is 6.57. The highest BCUT2D eigenvalue weighted by atomic mass is 35.5. The van der Waals surface area contributed by atoms with Crippen LogP contribution in [0.15, 0.2) is 66.9 Å². The van der Waals surface area contributed by atoms with Gasteiger partial charge in [-0.05, 0) is 48.4 Å². The fourth-order valence-corrected chi connectivity index (χ4v) is 3.24. The molecule has 3 aromatic rings. The van der Waals surface area contributed by atoms with Crippen LogP contribution in [0.25, 0.3) is 0 Å². The van der Waals surface area contributed by atoms with E-state index < -0.39 is 0 Å². The first kappa shape index (κ1) is 15.7. The minimum atomic E-state index is -0.254. The van der Waals surface area contributed by atoms with Crippen molar-refractivity contribution >= 4 is 34.6 Å². The van der Waals surface area contributed by atoms with Crippen molar-refractivity contribution in [2.24, 2.45) is 0 Å². The summed E-state index contributed by atoms with van der Waals surface area (Å²) in [6, 6.07) is 19.1. The van der Waals surface area contributed by atoms with Crippen molar-refractivity contribution < 1.29 is 4.79 Å². The molecule has 0 aliphatic carbocycles. The number of benzene rings is 2. The highest BCUT2D eigenvalue weighted by Gasteiger charge is 2.20. The molecule has 0 unspecified atom stereocenters. The lowest BCUT2D eigenvalue weighted by molar-refractivity contribution is 0.102. The van der Waals surface area contributed by atoms with Crippen LogP contribution >= 0.6 is 11.6 Å². The monoisotopic (exact) mass is 349 g/mol. The van der Waals surface area contributed by atoms with Crippen molar-refractivity contribution in [3.8, 4) is 0 Å². The topological polar surface area (TPSA) is 45.2 Å². The molecule has 1 N–H and O–H groups in total. The summed E-state index contributed by atoms with van der Waals surface area (Å²) in [5, 5.41) is 3.38. The number of pyridine rings is 1. The van der Waals surface area contributed by atoms with Crippen LogP contribution in [0.1, 0.15) is 16.1 Å². The highest BCUT2D eigenvalue weighted by molar-refractivity contribution is 6.30. The molecule has 0 bridgehead atoms. The van der Waals surface area contributed by atoms with Gasteiger partial charge in [0.15, 0.2) is 0 Å². The molecule has 1 aliphatic rings. The second-order valence-corrected chi connectivity index (χ2v) is 6.33. The third-order valence-corrected chi connectivity index (χ3v) is 4.50. The molecular weight excluding hydrogens is 334 g/mol. The minimum absolute atomic E-state index is 0.254. The number of hydrogen-bond donors (Lipinski definition) is 1. The summed E-state index contributed by atoms with van der Waals surface area (Å²) < 4.78 is 0. The first-order valence-electron chi connectivity index (χ1n) is 8.09. The normalized spacial score (nSPS) is 12.8. The van der Waals surface area contributed by atoms with Crippen LogP contribution in [-0.4, -0.2) is 17.4 Å². The smallest absolute Gasteiger partial charge is 0.274 e. The van der Waals surface area contributed by atoms with Gasteiger partial charge in [-0.25, -0.2) is 4.98 Å². The average molecular weight is 350 g/mol. The van der Waals surface area contributed by atoms with E-state index in [2.05, 4.69) is 33.4 Å². The van der Waals surface area contributed by atoms with Gasteiger partial charge in [-0.15, -0.1) is 0 Å². The maximum absolute atomic E-state index is 12.3. The van der Waals surface area contributed by atoms with Crippen molar-refractivity contribution in [1.82, 2.24) is 4.98 Å². The maximum Gasteiger partial charge on any atom is 0.274 e. The summed E-state index contributed by atoms with van der Waals surface area (Å²) >= 11 is 5.94. The second-order valence-electron chi connectivity index (χ2n) is 5.90. The van der Waals surface area contributed by atoms with Crippen molar-refractivity contribution in [3.63, 3.8) is 0 Å². The maximum atomic E-state index is 12.3. The van der Waals surface area contributed by atoms with Gasteiger partial charge in [-0.2, -0.15) is 0 Å². The van der Waals surface area contributed by atoms with E-state index in [0.29, 0.717) is 16.4 Å². The number of amides is 1. The molecule has 0 spiro atoms. The number of aromatic nitrogens is 1. The van der Waals surface area contributed by atoms with Crippen molar-refractivity contribution in [3.05, 3.63) is 83.1 Å². The zero-order valence-electron chi connectivity index (χ0n) is 13.4. The van der Waals surface area contributed by atoms with Crippen LogP contribution < -0.4 is 10.2 Å². The number of hydrogen-bond acceptors (Lipinski definition) is 3. The van der Waals surface area contributed by atoms with Crippen molar-refractivity contribution in [1.29, 1.82) is 0 Å². The Hall–Kier alpha value is -2.85. The molecule has 2 aromatic carbocycles. The number of fused-ring (bicyclic) bond motifs is 1. The zero-order chi connectivity index (χ0) is 17.2. The van der Waals surface area contributed by atoms with Gasteiger partial charge in [0.1, 0.15) is 5.69 Å². The van der Waals surface area contributed by atoms with E-state index in [-0.39, 0.29) is 5.91 Å². The molecule has 25 heavy (non-hydrogen) atoms. The number of nitrogens with one attached hydrogen (secondary N) is 1. The molecule has 0 saturated carbocycles. The number of carbonyl (C=O) groups excluding carboxylic acids is 1. The molecule has 1 amide bonds. The van der Waals surface area contributed by atoms with E-state index in [0.717, 1.165) is 18.7 Å². The first-order chi connectivity index (χ1) is 12.2. The van der Waals surface area contributed by atoms with E-state index in [1.807, 2.05) is 12.1 Å². The Labute approximate surface area is 151 Å². The summed E-state index contributed by atoms with van der Waals surface area (Å²) in [4.78, 5) is 18.9. The summed E-state index contributed by atoms with van der Waals surface area (Å²) in [5.74, 6) is -0.254. The van der Waals surface area contributed by atoms with Gasteiger partial charge in [0.2, 0.25) is 0 Å². The Bertz CT molecular complexity index is 924. The van der Waals surface area contributed by atoms with Gasteiger partial charge in [0.25, 0.3) is 5.91 Å². The molecule has 2 heterocycles. The number of para-hydroxylation sites is 1. The minimum Gasteiger partial charge on any atom is -0.340 e. The lowest BCUT2D eigenvalue weighted by Gasteiger charge is -2.19. The quantitative estimate of drug-likeness (QED) is 0.746. The molecule has 0 atom stereocenters. The lowest BCUT2D eigenvalue weighted by atomic mass is 10.2. The molecule has 4 nitrogen and oxygen atoms in total. The van der Waals surface area contributed by atoms with Crippen LogP contribution in [0.5, 0.6) is 0 Å². The first-order valence-corrected chi connectivity index (χ1v) is 8.47. The molecule has 0 fully saturated rings. The Morgan fingerprint density at radius 3 is 2.76 bits per heavy atom. The molecular formula is C20H16ClN3O. The van der Waals surface area contributed by atoms with Crippen LogP contribution in [0.4, 0.5) is 17.1 Å². The summed E-state index contributed by atoms with van der Waals surface area (Å²) in [6.07, 6.45) is 2.77. The predicted molar refractivity (Wildman–Crippen MR) is 101 cm³/mol. The third-order valence-electron chi connectivity index (χ3n) is 4.26. The molecule has 124 valence electrons. The van der Waals surface area contributed by atoms with Crippen molar-refractivity contribution in [2.45, 2.75) is 6.42 Å². The lowest BCUT2D eigenvalue weighted by Crippen LogP contribution is -2.16. The van der Waals surface area contributed by atoms with E-state index in [1.54, 1.807) is 36.5 Å². The van der Waals surface area contributed by atoms with Gasteiger partial charge in [-0.1, -0.05) is 35.9 Å². The summed E-state index contributed by atoms with van der Waals surface area (Å²) in [5.41, 5.74) is 4.56. The van der Waals surface area contributed by atoms with E-state index in [4.69, 9.17) is 11.6 Å². The molecule has 1 aliphatic heterocycles. The van der Waals surface area contributed by atoms with Crippen LogP contribution in [-0.2, 0) is 6.42 Å². The zero-order valence-corrected chi connectivity index (χ0v) is 14.2. The molecule has 0 saturated heterocycles. The number of nitrogens with zero attached hydrogens (tertiary/aromatic N) is 2. The molecule has 4 rings (SSSR count). The highest BCUT2D eigenvalue weighted by Crippen LogP contribution is 2.33. The summed E-state index contributed by atoms with van der Waals surface area (Å²) in [6.45, 7) is 0.926. The Kier molecular flexibility index (Phi) is 4.12. The summed E-state index contributed by atoms with van der Waals surface area (Å²) in [7, 11) is 0. The molecule has 0 radical (unpaired) electrons. The Morgan fingerprint density at radius 1 is 1.08 bits per heavy atom. The van der Waals surface area contributed by atoms with Gasteiger partial charge < -0.3 is 10.2 Å². The largest absolute Gasteiger partial charge is 0.340 e. The number of halogens is 1. The van der Waals surface area contributed by atoms with Gasteiger partial charge in [0, 0.05) is 22.9 Å². The number of anilines is 3. The SMILES string of the molecule is O=C(Nc1cccc(Cl)c1)c1ccc(N2CCc3ccccc32)cn1. The number of carbonyl (C=O) groups is 1. The fraction of sp³-hybridized carbons (Fsp3) is 0.100. The van der Waals surface area contributed by atoms with Gasteiger partial charge in [-0.3, -0.25) is 4.79 Å². The molecule has 1 aromatic heterocycles. The van der Waals surface area contributed by atoms with Crippen LogP contribution in [0, 0.1) is 0 Å². The third kappa shape index (κ3) is 3.21. The Balaban J connectivity index is 1.52. The van der Waals surface area contributed by atoms with E-state index in [9.17, 15) is 4.79 Å². The predicted octanol–water partition coefficient (Wildman–Crippen LogP) is 4.68. The standard InChI is InChI=1S/C20H16ClN3O/c21-15-5-3-6-16(12-15)23-20(25)18-9-8-17(13-22-18)24-11-10-14-4-1-2-7-19(14)24/h1-9,12-13H,10-11H2,(H,23,25). The molecule has 5 heteroatoms. The number of rotatable bonds is 3. The van der Waals surface area contributed by atoms with E-state index in [1.165, 1.54) is 11.3 Å². The van der Waals surface area contributed by atoms with Crippen LogP contribution in [0.3, 0.4) is 0 Å². The fourth-order valence-electron chi connectivity index (χ4n) is 3.05.